The molecule has 0 aliphatic carbocycles. The smallest absolute Gasteiger partial charge is 0.456 e. The van der Waals surface area contributed by atoms with E-state index in [4.69, 9.17) is 4.74 Å². The molecule has 24 heavy (non-hydrogen) atoms. The van der Waals surface area contributed by atoms with Crippen LogP contribution < -0.4 is 0 Å². The summed E-state index contributed by atoms with van der Waals surface area (Å²) in [6.45, 7) is 3.50. The first-order valence-corrected chi connectivity index (χ1v) is 8.24. The number of carbonyl (C=O) groups excluding carboxylic acids is 1. The Labute approximate surface area is 137 Å². The Bertz CT molecular complexity index is 487. The van der Waals surface area contributed by atoms with E-state index in [2.05, 4.69) is 20.6 Å². The SMILES string of the molecule is C=C(C)C(=O)OCC[N+](C)(C)CCOP(=O)(O)OCC(F)(F)OF. The van der Waals surface area contributed by atoms with Gasteiger partial charge in [-0.25, -0.2) is 9.36 Å². The molecule has 1 N–H and O–H groups in total. The van der Waals surface area contributed by atoms with E-state index in [1.54, 1.807) is 14.1 Å². The van der Waals surface area contributed by atoms with Gasteiger partial charge in [-0.2, -0.15) is 8.78 Å². The summed E-state index contributed by atoms with van der Waals surface area (Å²) < 4.78 is 61.1. The molecule has 0 amide bonds. The van der Waals surface area contributed by atoms with Crippen LogP contribution in [0.2, 0.25) is 0 Å². The Morgan fingerprint density at radius 3 is 2.29 bits per heavy atom. The Balaban J connectivity index is 4.16. The molecule has 0 aliphatic rings. The average Bonchev–Trinajstić information content (AvgIpc) is 2.44. The zero-order valence-corrected chi connectivity index (χ0v) is 14.6. The van der Waals surface area contributed by atoms with E-state index in [0.717, 1.165) is 0 Å². The molecule has 0 spiro atoms. The van der Waals surface area contributed by atoms with Gasteiger partial charge in [0.05, 0.1) is 14.1 Å². The van der Waals surface area contributed by atoms with Crippen molar-refractivity contribution in [1.82, 2.24) is 0 Å². The first-order valence-electron chi connectivity index (χ1n) is 6.74. The van der Waals surface area contributed by atoms with Gasteiger partial charge in [0.1, 0.15) is 26.3 Å². The van der Waals surface area contributed by atoms with Gasteiger partial charge in [-0.15, -0.1) is 4.94 Å². The highest BCUT2D eigenvalue weighted by Crippen LogP contribution is 2.44. The van der Waals surface area contributed by atoms with Gasteiger partial charge in [0.15, 0.2) is 6.61 Å². The Morgan fingerprint density at radius 2 is 1.79 bits per heavy atom. The minimum Gasteiger partial charge on any atom is -0.456 e. The fourth-order valence-electron chi connectivity index (χ4n) is 1.24. The number of hydrogen-bond acceptors (Lipinski definition) is 6. The zero-order valence-electron chi connectivity index (χ0n) is 13.7. The Morgan fingerprint density at radius 1 is 1.25 bits per heavy atom. The number of phosphoric acid groups is 1. The number of rotatable bonds is 12. The molecule has 0 fully saturated rings. The number of carbonyl (C=O) groups is 1. The van der Waals surface area contributed by atoms with Crippen LogP contribution in [0.3, 0.4) is 0 Å². The van der Waals surface area contributed by atoms with Crippen molar-refractivity contribution in [2.24, 2.45) is 0 Å². The van der Waals surface area contributed by atoms with Crippen molar-refractivity contribution in [2.75, 3.05) is 47.0 Å². The standard InChI is InChI=1S/C12H21F3NO7P/c1-10(2)11(17)20-7-5-16(3,4)6-8-21-24(18,19)22-9-12(13,14)23-15/h1,5-9H2,2-4H3/p+1. The molecular weight excluding hydrogens is 358 g/mol. The minimum absolute atomic E-state index is 0.0893. The Kier molecular flexibility index (Phi) is 9.11. The van der Waals surface area contributed by atoms with Crippen LogP contribution in [0.15, 0.2) is 12.2 Å². The van der Waals surface area contributed by atoms with Gasteiger partial charge in [-0.3, -0.25) is 9.05 Å². The number of ether oxygens (including phenoxy) is 1. The molecule has 0 saturated carbocycles. The molecule has 0 heterocycles. The molecular formula is C12H22F3NO7P+. The predicted octanol–water partition coefficient (Wildman–Crippen LogP) is 1.81. The molecule has 0 radical (unpaired) electrons. The van der Waals surface area contributed by atoms with Crippen LogP contribution in [0.25, 0.3) is 0 Å². The van der Waals surface area contributed by atoms with E-state index >= 15 is 0 Å². The van der Waals surface area contributed by atoms with Crippen LogP contribution in [0, 0.1) is 0 Å². The molecule has 0 bridgehead atoms. The third kappa shape index (κ3) is 10.7. The third-order valence-corrected chi connectivity index (χ3v) is 3.70. The lowest BCUT2D eigenvalue weighted by atomic mass is 10.4. The fourth-order valence-corrected chi connectivity index (χ4v) is 1.94. The quantitative estimate of drug-likeness (QED) is 0.239. The van der Waals surface area contributed by atoms with E-state index in [1.807, 2.05) is 0 Å². The van der Waals surface area contributed by atoms with E-state index in [0.29, 0.717) is 6.54 Å². The third-order valence-electron chi connectivity index (χ3n) is 2.74. The maximum atomic E-state index is 12.4. The number of phosphoric ester groups is 1. The maximum Gasteiger partial charge on any atom is 0.472 e. The van der Waals surface area contributed by atoms with Crippen molar-refractivity contribution in [2.45, 2.75) is 13.0 Å². The van der Waals surface area contributed by atoms with E-state index in [1.165, 1.54) is 6.92 Å². The zero-order chi connectivity index (χ0) is 19.0. The monoisotopic (exact) mass is 380 g/mol. The molecule has 8 nitrogen and oxygen atoms in total. The normalized spacial score (nSPS) is 15.0. The average molecular weight is 380 g/mol. The van der Waals surface area contributed by atoms with Crippen LogP contribution in [0.5, 0.6) is 0 Å². The molecule has 0 aromatic rings. The van der Waals surface area contributed by atoms with Gasteiger partial charge in [0.25, 0.3) is 0 Å². The summed E-state index contributed by atoms with van der Waals surface area (Å²) in [5.41, 5.74) is 0.260. The van der Waals surface area contributed by atoms with Crippen molar-refractivity contribution in [3.63, 3.8) is 0 Å². The van der Waals surface area contributed by atoms with Crippen LogP contribution in [0.1, 0.15) is 6.92 Å². The largest absolute Gasteiger partial charge is 0.472 e. The van der Waals surface area contributed by atoms with Crippen molar-refractivity contribution in [3.05, 3.63) is 12.2 Å². The number of hydrogen-bond donors (Lipinski definition) is 1. The summed E-state index contributed by atoms with van der Waals surface area (Å²) >= 11 is 0. The summed E-state index contributed by atoms with van der Waals surface area (Å²) in [4.78, 5) is 22.7. The highest BCUT2D eigenvalue weighted by Gasteiger charge is 2.36. The van der Waals surface area contributed by atoms with Gasteiger partial charge >= 0.3 is 19.9 Å². The molecule has 1 unspecified atom stereocenters. The minimum atomic E-state index is -4.78. The van der Waals surface area contributed by atoms with Crippen molar-refractivity contribution >= 4 is 13.8 Å². The molecule has 142 valence electrons. The van der Waals surface area contributed by atoms with E-state index < -0.39 is 26.5 Å². The lowest BCUT2D eigenvalue weighted by molar-refractivity contribution is -0.890. The molecule has 1 atom stereocenters. The Hall–Kier alpha value is -0.970. The van der Waals surface area contributed by atoms with Gasteiger partial charge < -0.3 is 14.1 Å². The van der Waals surface area contributed by atoms with Crippen molar-refractivity contribution in [3.8, 4) is 0 Å². The highest BCUT2D eigenvalue weighted by atomic mass is 31.2. The van der Waals surface area contributed by atoms with E-state index in [9.17, 15) is 27.6 Å². The molecule has 0 aliphatic heterocycles. The number of halogens is 3. The summed E-state index contributed by atoms with van der Waals surface area (Å²) in [6, 6.07) is 0. The summed E-state index contributed by atoms with van der Waals surface area (Å²) in [7, 11) is -1.32. The van der Waals surface area contributed by atoms with Gasteiger partial charge in [-0.1, -0.05) is 6.58 Å². The maximum absolute atomic E-state index is 12.4. The molecule has 12 heteroatoms. The van der Waals surface area contributed by atoms with Crippen molar-refractivity contribution in [1.29, 1.82) is 0 Å². The second-order valence-corrected chi connectivity index (χ2v) is 7.04. The fraction of sp³-hybridized carbons (Fsp3) is 0.750. The van der Waals surface area contributed by atoms with Crippen LogP contribution in [-0.2, 0) is 28.1 Å². The summed E-state index contributed by atoms with van der Waals surface area (Å²) in [6.07, 6.45) is -4.34. The number of esters is 1. The van der Waals surface area contributed by atoms with Gasteiger partial charge in [0.2, 0.25) is 0 Å². The van der Waals surface area contributed by atoms with Crippen LogP contribution in [0.4, 0.5) is 13.3 Å². The number of nitrogens with zero attached hydrogens (tertiary/aromatic N) is 1. The first-order chi connectivity index (χ1) is 10.8. The molecule has 0 saturated heterocycles. The first kappa shape index (κ1) is 23.0. The lowest BCUT2D eigenvalue weighted by Gasteiger charge is -2.29. The second-order valence-electron chi connectivity index (χ2n) is 5.59. The molecule has 0 aromatic heterocycles. The van der Waals surface area contributed by atoms with E-state index in [-0.39, 0.29) is 29.8 Å². The summed E-state index contributed by atoms with van der Waals surface area (Å²) in [5.74, 6) is -0.532. The highest BCUT2D eigenvalue weighted by molar-refractivity contribution is 7.47. The molecule has 0 aromatic carbocycles. The summed E-state index contributed by atoms with van der Waals surface area (Å²) in [5, 5.41) is 0. The lowest BCUT2D eigenvalue weighted by Crippen LogP contribution is -2.44. The predicted molar refractivity (Wildman–Crippen MR) is 76.5 cm³/mol. The molecule has 0 rings (SSSR count). The number of alkyl halides is 2. The van der Waals surface area contributed by atoms with Crippen LogP contribution >= 0.6 is 7.82 Å². The van der Waals surface area contributed by atoms with Crippen molar-refractivity contribution < 1.29 is 50.8 Å². The number of quaternary nitrogens is 1. The van der Waals surface area contributed by atoms with Gasteiger partial charge in [0, 0.05) is 5.57 Å². The second kappa shape index (κ2) is 9.50. The van der Waals surface area contributed by atoms with Gasteiger partial charge in [-0.05, 0) is 11.4 Å². The van der Waals surface area contributed by atoms with Crippen LogP contribution in [-0.4, -0.2) is 68.5 Å². The topological polar surface area (TPSA) is 91.3 Å². The number of likely N-dealkylation sites (N-methyl/N-ethyl adjacent to an activating group) is 1.